The molecule has 4 nitrogen and oxygen atoms in total. The summed E-state index contributed by atoms with van der Waals surface area (Å²) >= 11 is 1.70. The highest BCUT2D eigenvalue weighted by molar-refractivity contribution is 7.07. The van der Waals surface area contributed by atoms with Gasteiger partial charge in [-0.3, -0.25) is 10.1 Å². The molecule has 1 saturated heterocycles. The van der Waals surface area contributed by atoms with Crippen LogP contribution < -0.4 is 5.32 Å². The molecule has 1 unspecified atom stereocenters. The molecule has 1 N–H and O–H groups in total. The van der Waals surface area contributed by atoms with Gasteiger partial charge in [0.2, 0.25) is 5.91 Å². The molecule has 1 aliphatic heterocycles. The van der Waals surface area contributed by atoms with Gasteiger partial charge in [-0.25, -0.2) is 0 Å². The van der Waals surface area contributed by atoms with Gasteiger partial charge in [0.15, 0.2) is 0 Å². The van der Waals surface area contributed by atoms with Gasteiger partial charge in [-0.05, 0) is 61.3 Å². The first kappa shape index (κ1) is 15.0. The van der Waals surface area contributed by atoms with E-state index in [1.807, 2.05) is 0 Å². The maximum Gasteiger partial charge on any atom is 0.244 e. The number of carbonyl (C=O) groups is 1. The highest BCUT2D eigenvalue weighted by atomic mass is 32.1. The molecule has 116 valence electrons. The van der Waals surface area contributed by atoms with Crippen LogP contribution in [0.2, 0.25) is 0 Å². The standard InChI is InChI=1S/C16H25N3OS/c1-3-18(4-2)9-5-10-19-14(13-6-11-21-12-13)17-16(7-8-16)15(19)20/h6,11-12,14,17H,3-5,7-10H2,1-2H3. The zero-order valence-electron chi connectivity index (χ0n) is 13.0. The fourth-order valence-electron chi connectivity index (χ4n) is 3.21. The smallest absolute Gasteiger partial charge is 0.244 e. The number of hydrogen-bond acceptors (Lipinski definition) is 4. The molecule has 1 aromatic heterocycles. The van der Waals surface area contributed by atoms with Crippen molar-refractivity contribution in [3.63, 3.8) is 0 Å². The lowest BCUT2D eigenvalue weighted by Crippen LogP contribution is -2.34. The Balaban J connectivity index is 1.64. The van der Waals surface area contributed by atoms with Gasteiger partial charge in [0.25, 0.3) is 0 Å². The maximum atomic E-state index is 12.7. The molecule has 1 atom stereocenters. The topological polar surface area (TPSA) is 35.6 Å². The van der Waals surface area contributed by atoms with E-state index in [9.17, 15) is 4.79 Å². The van der Waals surface area contributed by atoms with Crippen molar-refractivity contribution in [1.82, 2.24) is 15.1 Å². The van der Waals surface area contributed by atoms with E-state index >= 15 is 0 Å². The number of nitrogens with zero attached hydrogens (tertiary/aromatic N) is 2. The Bertz CT molecular complexity index is 480. The SMILES string of the molecule is CCN(CC)CCCN1C(=O)C2(CC2)NC1c1ccsc1. The first-order valence-electron chi connectivity index (χ1n) is 8.03. The van der Waals surface area contributed by atoms with E-state index < -0.39 is 0 Å². The minimum atomic E-state index is -0.220. The fourth-order valence-corrected chi connectivity index (χ4v) is 3.88. The molecule has 21 heavy (non-hydrogen) atoms. The van der Waals surface area contributed by atoms with Crippen molar-refractivity contribution in [3.8, 4) is 0 Å². The van der Waals surface area contributed by atoms with Gasteiger partial charge < -0.3 is 9.80 Å². The Morgan fingerprint density at radius 3 is 2.76 bits per heavy atom. The lowest BCUT2D eigenvalue weighted by Gasteiger charge is -2.25. The molecule has 1 spiro atoms. The summed E-state index contributed by atoms with van der Waals surface area (Å²) in [6, 6.07) is 2.13. The summed E-state index contributed by atoms with van der Waals surface area (Å²) in [4.78, 5) is 17.1. The van der Waals surface area contributed by atoms with E-state index in [1.165, 1.54) is 5.56 Å². The summed E-state index contributed by atoms with van der Waals surface area (Å²) in [5.74, 6) is 0.318. The van der Waals surface area contributed by atoms with Gasteiger partial charge in [0.1, 0.15) is 11.7 Å². The van der Waals surface area contributed by atoms with Crippen molar-refractivity contribution in [2.45, 2.75) is 44.8 Å². The van der Waals surface area contributed by atoms with Crippen LogP contribution in [-0.2, 0) is 4.79 Å². The zero-order valence-corrected chi connectivity index (χ0v) is 13.8. The fraction of sp³-hybridized carbons (Fsp3) is 0.688. The van der Waals surface area contributed by atoms with E-state index in [2.05, 4.69) is 45.8 Å². The minimum absolute atomic E-state index is 0.0861. The molecule has 0 bridgehead atoms. The number of hydrogen-bond donors (Lipinski definition) is 1. The quantitative estimate of drug-likeness (QED) is 0.840. The van der Waals surface area contributed by atoms with Crippen molar-refractivity contribution < 1.29 is 4.79 Å². The molecule has 2 aliphatic rings. The summed E-state index contributed by atoms with van der Waals surface area (Å²) in [6.07, 6.45) is 3.13. The molecular weight excluding hydrogens is 282 g/mol. The lowest BCUT2D eigenvalue weighted by molar-refractivity contribution is -0.131. The highest BCUT2D eigenvalue weighted by Crippen LogP contribution is 2.46. The van der Waals surface area contributed by atoms with Gasteiger partial charge in [-0.2, -0.15) is 11.3 Å². The summed E-state index contributed by atoms with van der Waals surface area (Å²) in [7, 11) is 0. The van der Waals surface area contributed by atoms with E-state index in [4.69, 9.17) is 0 Å². The Labute approximate surface area is 131 Å². The van der Waals surface area contributed by atoms with Gasteiger partial charge in [-0.1, -0.05) is 13.8 Å². The molecule has 1 aliphatic carbocycles. The van der Waals surface area contributed by atoms with Crippen LogP contribution in [-0.4, -0.2) is 47.4 Å². The molecular formula is C16H25N3OS. The third kappa shape index (κ3) is 2.87. The van der Waals surface area contributed by atoms with Gasteiger partial charge in [0.05, 0.1) is 0 Å². The highest BCUT2D eigenvalue weighted by Gasteiger charge is 2.59. The Morgan fingerprint density at radius 1 is 1.43 bits per heavy atom. The number of rotatable bonds is 7. The Hall–Kier alpha value is -0.910. The van der Waals surface area contributed by atoms with E-state index in [0.717, 1.165) is 45.4 Å². The lowest BCUT2D eigenvalue weighted by atomic mass is 10.2. The molecule has 2 fully saturated rings. The molecule has 1 aromatic rings. The molecule has 3 rings (SSSR count). The van der Waals surface area contributed by atoms with E-state index in [1.54, 1.807) is 11.3 Å². The van der Waals surface area contributed by atoms with Crippen LogP contribution in [0.5, 0.6) is 0 Å². The second-order valence-electron chi connectivity index (χ2n) is 6.06. The summed E-state index contributed by atoms with van der Waals surface area (Å²) < 4.78 is 0. The van der Waals surface area contributed by atoms with Crippen molar-refractivity contribution in [3.05, 3.63) is 22.4 Å². The average molecular weight is 307 g/mol. The van der Waals surface area contributed by atoms with Crippen LogP contribution in [0.15, 0.2) is 16.8 Å². The van der Waals surface area contributed by atoms with Crippen molar-refractivity contribution >= 4 is 17.2 Å². The van der Waals surface area contributed by atoms with Crippen LogP contribution in [0.1, 0.15) is 44.8 Å². The third-order valence-electron chi connectivity index (χ3n) is 4.77. The average Bonchev–Trinajstić information content (AvgIpc) is 2.97. The molecule has 2 heterocycles. The van der Waals surface area contributed by atoms with Crippen LogP contribution in [0, 0.1) is 0 Å². The van der Waals surface area contributed by atoms with E-state index in [-0.39, 0.29) is 11.7 Å². The zero-order chi connectivity index (χ0) is 14.9. The third-order valence-corrected chi connectivity index (χ3v) is 5.47. The van der Waals surface area contributed by atoms with Crippen LogP contribution in [0.25, 0.3) is 0 Å². The number of carbonyl (C=O) groups excluding carboxylic acids is 1. The molecule has 1 saturated carbocycles. The van der Waals surface area contributed by atoms with Crippen molar-refractivity contribution in [1.29, 1.82) is 0 Å². The number of thiophene rings is 1. The van der Waals surface area contributed by atoms with Crippen molar-refractivity contribution in [2.75, 3.05) is 26.2 Å². The summed E-state index contributed by atoms with van der Waals surface area (Å²) in [6.45, 7) is 8.48. The summed E-state index contributed by atoms with van der Waals surface area (Å²) in [5.41, 5.74) is 1.02. The predicted octanol–water partition coefficient (Wildman–Crippen LogP) is 2.44. The molecule has 0 aromatic carbocycles. The van der Waals surface area contributed by atoms with Gasteiger partial charge in [-0.15, -0.1) is 0 Å². The van der Waals surface area contributed by atoms with Crippen LogP contribution in [0.3, 0.4) is 0 Å². The largest absolute Gasteiger partial charge is 0.321 e. The molecule has 0 radical (unpaired) electrons. The van der Waals surface area contributed by atoms with E-state index in [0.29, 0.717) is 5.91 Å². The van der Waals surface area contributed by atoms with Crippen LogP contribution >= 0.6 is 11.3 Å². The number of amides is 1. The summed E-state index contributed by atoms with van der Waals surface area (Å²) in [5, 5.41) is 7.83. The maximum absolute atomic E-state index is 12.7. The second kappa shape index (κ2) is 6.07. The normalized spacial score (nSPS) is 23.5. The predicted molar refractivity (Wildman–Crippen MR) is 86.3 cm³/mol. The monoisotopic (exact) mass is 307 g/mol. The molecule has 5 heteroatoms. The second-order valence-corrected chi connectivity index (χ2v) is 6.84. The minimum Gasteiger partial charge on any atom is -0.321 e. The first-order valence-corrected chi connectivity index (χ1v) is 8.97. The molecule has 1 amide bonds. The van der Waals surface area contributed by atoms with Gasteiger partial charge in [0, 0.05) is 6.54 Å². The Kier molecular flexibility index (Phi) is 4.33. The first-order chi connectivity index (χ1) is 10.2. The van der Waals surface area contributed by atoms with Gasteiger partial charge >= 0.3 is 0 Å². The van der Waals surface area contributed by atoms with Crippen molar-refractivity contribution in [2.24, 2.45) is 0 Å². The number of nitrogens with one attached hydrogen (secondary N) is 1. The van der Waals surface area contributed by atoms with Crippen LogP contribution in [0.4, 0.5) is 0 Å². The Morgan fingerprint density at radius 2 is 2.19 bits per heavy atom.